The van der Waals surface area contributed by atoms with Crippen molar-refractivity contribution in [2.75, 3.05) is 23.7 Å². The number of rotatable bonds is 17. The number of anilines is 2. The first kappa shape index (κ1) is 34.1. The summed E-state index contributed by atoms with van der Waals surface area (Å²) >= 11 is 0. The van der Waals surface area contributed by atoms with E-state index in [2.05, 4.69) is 21.3 Å². The third kappa shape index (κ3) is 9.42. The molecule has 5 amide bonds. The summed E-state index contributed by atoms with van der Waals surface area (Å²) < 4.78 is 0. The molecule has 2 aliphatic heterocycles. The minimum Gasteiger partial charge on any atom is -0.385 e. The second-order valence-electron chi connectivity index (χ2n) is 13.1. The number of imide groups is 2. The fourth-order valence-corrected chi connectivity index (χ4v) is 6.79. The van der Waals surface area contributed by atoms with Gasteiger partial charge in [-0.2, -0.15) is 0 Å². The molecule has 2 aromatic rings. The van der Waals surface area contributed by atoms with E-state index in [1.54, 1.807) is 18.2 Å². The number of nitrogens with zero attached hydrogens (tertiary/aromatic N) is 1. The fraction of sp³-hybridized carbons (Fsp3) is 0.541. The second kappa shape index (κ2) is 17.1. The molecule has 0 bridgehead atoms. The molecule has 1 saturated heterocycles. The molecule has 1 saturated carbocycles. The van der Waals surface area contributed by atoms with Gasteiger partial charge in [0.25, 0.3) is 17.7 Å². The maximum atomic E-state index is 13.0. The van der Waals surface area contributed by atoms with Crippen LogP contribution in [0.4, 0.5) is 11.4 Å². The van der Waals surface area contributed by atoms with Gasteiger partial charge in [-0.3, -0.25) is 34.2 Å². The normalized spacial score (nSPS) is 18.2. The van der Waals surface area contributed by atoms with Gasteiger partial charge in [0.2, 0.25) is 11.8 Å². The number of amides is 5. The Balaban J connectivity index is 0.871. The number of nitrogens with one attached hydrogen (secondary N) is 4. The molecule has 0 aromatic heterocycles. The Hall–Kier alpha value is -4.21. The van der Waals surface area contributed by atoms with Gasteiger partial charge in [-0.1, -0.05) is 64.2 Å². The number of fused-ring (bicyclic) bond motifs is 1. The third-order valence-corrected chi connectivity index (χ3v) is 9.54. The molecule has 2 aromatic carbocycles. The molecule has 0 spiro atoms. The molecule has 10 heteroatoms. The van der Waals surface area contributed by atoms with E-state index in [0.717, 1.165) is 67.0 Å². The summed E-state index contributed by atoms with van der Waals surface area (Å²) in [5, 5.41) is 12.2. The van der Waals surface area contributed by atoms with Crippen LogP contribution in [0.3, 0.4) is 0 Å². The third-order valence-electron chi connectivity index (χ3n) is 9.54. The molecule has 1 unspecified atom stereocenters. The maximum absolute atomic E-state index is 13.0. The van der Waals surface area contributed by atoms with Crippen LogP contribution in [0.5, 0.6) is 0 Å². The van der Waals surface area contributed by atoms with E-state index < -0.39 is 23.8 Å². The Bertz CT molecular complexity index is 1420. The van der Waals surface area contributed by atoms with Crippen molar-refractivity contribution in [3.05, 3.63) is 59.2 Å². The van der Waals surface area contributed by atoms with Crippen molar-refractivity contribution in [2.45, 2.75) is 115 Å². The summed E-state index contributed by atoms with van der Waals surface area (Å²) in [5.74, 6) is -1.92. The lowest BCUT2D eigenvalue weighted by Crippen LogP contribution is -2.54. The van der Waals surface area contributed by atoms with Gasteiger partial charge in [-0.15, -0.1) is 0 Å². The minimum absolute atomic E-state index is 0.0382. The lowest BCUT2D eigenvalue weighted by Gasteiger charge is -2.27. The van der Waals surface area contributed by atoms with E-state index in [1.165, 1.54) is 57.8 Å². The highest BCUT2D eigenvalue weighted by Gasteiger charge is 2.44. The molecule has 1 aliphatic carbocycles. The molecular formula is C37H49N5O5. The number of hydrogen-bond donors (Lipinski definition) is 4. The number of unbranched alkanes of at least 4 members (excludes halogenated alkanes) is 8. The van der Waals surface area contributed by atoms with E-state index in [9.17, 15) is 24.0 Å². The number of carbonyl (C=O) groups is 5. The zero-order chi connectivity index (χ0) is 33.0. The average Bonchev–Trinajstić information content (AvgIpc) is 3.32. The van der Waals surface area contributed by atoms with Crippen molar-refractivity contribution >= 4 is 40.9 Å². The van der Waals surface area contributed by atoms with Gasteiger partial charge < -0.3 is 16.0 Å². The number of hydrogen-bond acceptors (Lipinski definition) is 7. The predicted molar refractivity (Wildman–Crippen MR) is 182 cm³/mol. The predicted octanol–water partition coefficient (Wildman–Crippen LogP) is 6.19. The molecule has 1 atom stereocenters. The minimum atomic E-state index is -0.949. The van der Waals surface area contributed by atoms with Gasteiger partial charge in [-0.05, 0) is 74.6 Å². The van der Waals surface area contributed by atoms with Crippen LogP contribution in [-0.2, 0) is 9.59 Å². The first-order valence-electron chi connectivity index (χ1n) is 17.6. The van der Waals surface area contributed by atoms with E-state index in [-0.39, 0.29) is 24.7 Å². The van der Waals surface area contributed by atoms with Crippen molar-refractivity contribution in [1.29, 1.82) is 0 Å². The molecule has 252 valence electrons. The van der Waals surface area contributed by atoms with Crippen LogP contribution in [0.25, 0.3) is 0 Å². The molecule has 2 heterocycles. The zero-order valence-corrected chi connectivity index (χ0v) is 27.4. The van der Waals surface area contributed by atoms with Gasteiger partial charge in [0.1, 0.15) is 6.04 Å². The lowest BCUT2D eigenvalue weighted by molar-refractivity contribution is -0.136. The quantitative estimate of drug-likeness (QED) is 0.119. The standard InChI is InChI=1S/C37H49N5O5/c43-33-22-21-32(35(45)41-33)42-36(46)30-20-19-29(25-31(30)37(42)47)39-24-12-7-5-3-1-2-4-6-11-23-38-27-17-15-26(16-18-27)34(44)40-28-13-9-8-10-14-28/h15-20,25,28,32,38-39H,1-14,21-24H2,(H,40,44)(H,41,43,45). The highest BCUT2D eigenvalue weighted by atomic mass is 16.2. The van der Waals surface area contributed by atoms with E-state index in [4.69, 9.17) is 0 Å². The maximum Gasteiger partial charge on any atom is 0.262 e. The van der Waals surface area contributed by atoms with Crippen LogP contribution >= 0.6 is 0 Å². The Morgan fingerprint density at radius 1 is 0.681 bits per heavy atom. The Morgan fingerprint density at radius 3 is 1.89 bits per heavy atom. The SMILES string of the molecule is O=C1CCC(N2C(=O)c3ccc(NCCCCCCCCCCCNc4ccc(C(=O)NC5CCCCC5)cc4)cc3C2=O)C(=O)N1. The molecule has 0 radical (unpaired) electrons. The van der Waals surface area contributed by atoms with Crippen LogP contribution in [0.15, 0.2) is 42.5 Å². The van der Waals surface area contributed by atoms with E-state index in [1.807, 2.05) is 24.3 Å². The van der Waals surface area contributed by atoms with Gasteiger partial charge in [0.05, 0.1) is 11.1 Å². The van der Waals surface area contributed by atoms with E-state index in [0.29, 0.717) is 17.2 Å². The fourth-order valence-electron chi connectivity index (χ4n) is 6.79. The summed E-state index contributed by atoms with van der Waals surface area (Å²) in [6, 6.07) is 12.3. The number of carbonyl (C=O) groups excluding carboxylic acids is 5. The van der Waals surface area contributed by atoms with Gasteiger partial charge in [-0.25, -0.2) is 0 Å². The van der Waals surface area contributed by atoms with Crippen LogP contribution in [0.1, 0.15) is 134 Å². The zero-order valence-electron chi connectivity index (χ0n) is 27.4. The van der Waals surface area contributed by atoms with Crippen molar-refractivity contribution < 1.29 is 24.0 Å². The summed E-state index contributed by atoms with van der Waals surface area (Å²) in [5.41, 5.74) is 3.16. The van der Waals surface area contributed by atoms with Gasteiger partial charge in [0, 0.05) is 42.5 Å². The second-order valence-corrected chi connectivity index (χ2v) is 13.1. The molecule has 10 nitrogen and oxygen atoms in total. The number of benzene rings is 2. The number of piperidine rings is 1. The monoisotopic (exact) mass is 643 g/mol. The Morgan fingerprint density at radius 2 is 1.26 bits per heavy atom. The molecule has 2 fully saturated rings. The summed E-state index contributed by atoms with van der Waals surface area (Å²) in [7, 11) is 0. The van der Waals surface area contributed by atoms with Crippen LogP contribution in [0.2, 0.25) is 0 Å². The van der Waals surface area contributed by atoms with Crippen LogP contribution < -0.4 is 21.3 Å². The highest BCUT2D eigenvalue weighted by Crippen LogP contribution is 2.29. The van der Waals surface area contributed by atoms with Crippen molar-refractivity contribution in [1.82, 2.24) is 15.5 Å². The van der Waals surface area contributed by atoms with E-state index >= 15 is 0 Å². The van der Waals surface area contributed by atoms with Gasteiger partial charge >= 0.3 is 0 Å². The topological polar surface area (TPSA) is 137 Å². The highest BCUT2D eigenvalue weighted by molar-refractivity contribution is 6.23. The smallest absolute Gasteiger partial charge is 0.262 e. The molecular weight excluding hydrogens is 594 g/mol. The summed E-state index contributed by atoms with van der Waals surface area (Å²) in [4.78, 5) is 63.0. The average molecular weight is 644 g/mol. The molecule has 5 rings (SSSR count). The first-order valence-corrected chi connectivity index (χ1v) is 17.6. The van der Waals surface area contributed by atoms with Crippen LogP contribution in [-0.4, -0.2) is 59.6 Å². The van der Waals surface area contributed by atoms with Gasteiger partial charge in [0.15, 0.2) is 0 Å². The van der Waals surface area contributed by atoms with Crippen molar-refractivity contribution in [3.8, 4) is 0 Å². The molecule has 47 heavy (non-hydrogen) atoms. The lowest BCUT2D eigenvalue weighted by atomic mass is 9.95. The van der Waals surface area contributed by atoms with Crippen LogP contribution in [0, 0.1) is 0 Å². The summed E-state index contributed by atoms with van der Waals surface area (Å²) in [6.45, 7) is 1.72. The Kier molecular flexibility index (Phi) is 12.4. The Labute approximate surface area is 277 Å². The summed E-state index contributed by atoms with van der Waals surface area (Å²) in [6.07, 6.45) is 16.8. The largest absolute Gasteiger partial charge is 0.385 e. The molecule has 3 aliphatic rings. The first-order chi connectivity index (χ1) is 22.9. The molecule has 4 N–H and O–H groups in total. The van der Waals surface area contributed by atoms with Crippen molar-refractivity contribution in [3.63, 3.8) is 0 Å². The van der Waals surface area contributed by atoms with Crippen molar-refractivity contribution in [2.24, 2.45) is 0 Å².